The van der Waals surface area contributed by atoms with Crippen molar-refractivity contribution in [3.8, 4) is 0 Å². The van der Waals surface area contributed by atoms with E-state index in [2.05, 4.69) is 0 Å². The summed E-state index contributed by atoms with van der Waals surface area (Å²) in [5, 5.41) is 10.4. The molecule has 0 saturated carbocycles. The van der Waals surface area contributed by atoms with E-state index in [1.54, 1.807) is 19.2 Å². The summed E-state index contributed by atoms with van der Waals surface area (Å²) < 4.78 is 35.7. The van der Waals surface area contributed by atoms with Crippen LogP contribution in [-0.4, -0.2) is 29.2 Å². The van der Waals surface area contributed by atoms with Crippen molar-refractivity contribution in [2.75, 3.05) is 0 Å². The smallest absolute Gasteiger partial charge is 0.471 e. The first-order valence-corrected chi connectivity index (χ1v) is 4.67. The first kappa shape index (κ1) is 14.7. The summed E-state index contributed by atoms with van der Waals surface area (Å²) in [5.41, 5.74) is 0. The van der Waals surface area contributed by atoms with Crippen LogP contribution in [0.15, 0.2) is 0 Å². The molecule has 0 aromatic heterocycles. The third-order valence-electron chi connectivity index (χ3n) is 2.16. The fourth-order valence-electron chi connectivity index (χ4n) is 1.45. The molecule has 2 N–H and O–H groups in total. The molecule has 0 aliphatic carbocycles. The van der Waals surface area contributed by atoms with Gasteiger partial charge in [0.1, 0.15) is 0 Å². The molecular formula is C9H14F3NO3. The standard InChI is InChI=1S/C9H14F3NO3/c1-4(2)6(7(14)15)5(3)13-8(16)9(10,11)12/h4-6H,1-3H3,(H,13,16)(H,14,15). The van der Waals surface area contributed by atoms with Crippen molar-refractivity contribution < 1.29 is 27.9 Å². The summed E-state index contributed by atoms with van der Waals surface area (Å²) in [5.74, 6) is -4.77. The summed E-state index contributed by atoms with van der Waals surface area (Å²) in [6, 6.07) is -1.08. The highest BCUT2D eigenvalue weighted by Crippen LogP contribution is 2.19. The van der Waals surface area contributed by atoms with Gasteiger partial charge in [-0.15, -0.1) is 0 Å². The van der Waals surface area contributed by atoms with Gasteiger partial charge in [-0.2, -0.15) is 13.2 Å². The van der Waals surface area contributed by atoms with E-state index in [1.807, 2.05) is 0 Å². The number of amides is 1. The second-order valence-electron chi connectivity index (χ2n) is 3.87. The number of hydrogen-bond acceptors (Lipinski definition) is 2. The molecule has 0 rings (SSSR count). The van der Waals surface area contributed by atoms with Gasteiger partial charge in [0.05, 0.1) is 5.92 Å². The fraction of sp³-hybridized carbons (Fsp3) is 0.778. The quantitative estimate of drug-likeness (QED) is 0.782. The molecule has 0 saturated heterocycles. The van der Waals surface area contributed by atoms with Crippen molar-refractivity contribution in [2.24, 2.45) is 11.8 Å². The van der Waals surface area contributed by atoms with Gasteiger partial charge in [0, 0.05) is 6.04 Å². The SMILES string of the molecule is CC(C)C(C(=O)O)C(C)NC(=O)C(F)(F)F. The maximum Gasteiger partial charge on any atom is 0.471 e. The molecule has 7 heteroatoms. The Balaban J connectivity index is 4.61. The zero-order chi connectivity index (χ0) is 13.1. The second-order valence-corrected chi connectivity index (χ2v) is 3.87. The normalized spacial score (nSPS) is 15.7. The molecule has 1 amide bonds. The highest BCUT2D eigenvalue weighted by atomic mass is 19.4. The first-order chi connectivity index (χ1) is 7.07. The molecule has 2 atom stereocenters. The minimum atomic E-state index is -4.99. The largest absolute Gasteiger partial charge is 0.481 e. The van der Waals surface area contributed by atoms with Gasteiger partial charge >= 0.3 is 18.1 Å². The lowest BCUT2D eigenvalue weighted by Gasteiger charge is -2.24. The van der Waals surface area contributed by atoms with Crippen LogP contribution in [0.2, 0.25) is 0 Å². The molecule has 4 nitrogen and oxygen atoms in total. The van der Waals surface area contributed by atoms with E-state index in [0.717, 1.165) is 0 Å². The Morgan fingerprint density at radius 3 is 1.88 bits per heavy atom. The van der Waals surface area contributed by atoms with Crippen molar-refractivity contribution >= 4 is 11.9 Å². The summed E-state index contributed by atoms with van der Waals surface area (Å²) in [7, 11) is 0. The van der Waals surface area contributed by atoms with Gasteiger partial charge in [-0.3, -0.25) is 9.59 Å². The van der Waals surface area contributed by atoms with Crippen LogP contribution in [0.3, 0.4) is 0 Å². The van der Waals surface area contributed by atoms with E-state index in [4.69, 9.17) is 5.11 Å². The van der Waals surface area contributed by atoms with Gasteiger partial charge in [0.25, 0.3) is 0 Å². The van der Waals surface area contributed by atoms with Crippen LogP contribution in [0.1, 0.15) is 20.8 Å². The number of alkyl halides is 3. The van der Waals surface area contributed by atoms with Crippen molar-refractivity contribution in [1.29, 1.82) is 0 Å². The summed E-state index contributed by atoms with van der Waals surface area (Å²) in [6.45, 7) is 4.37. The minimum Gasteiger partial charge on any atom is -0.481 e. The van der Waals surface area contributed by atoms with Crippen LogP contribution in [0.5, 0.6) is 0 Å². The van der Waals surface area contributed by atoms with E-state index in [1.165, 1.54) is 6.92 Å². The van der Waals surface area contributed by atoms with Crippen molar-refractivity contribution in [1.82, 2.24) is 5.32 Å². The zero-order valence-electron chi connectivity index (χ0n) is 9.13. The van der Waals surface area contributed by atoms with Crippen LogP contribution < -0.4 is 5.32 Å². The van der Waals surface area contributed by atoms with E-state index in [-0.39, 0.29) is 5.92 Å². The third-order valence-corrected chi connectivity index (χ3v) is 2.16. The number of carbonyl (C=O) groups is 2. The number of carboxylic acids is 1. The number of aliphatic carboxylic acids is 1. The van der Waals surface area contributed by atoms with Crippen LogP contribution >= 0.6 is 0 Å². The predicted octanol–water partition coefficient (Wildman–Crippen LogP) is 1.41. The van der Waals surface area contributed by atoms with Gasteiger partial charge in [0.2, 0.25) is 0 Å². The maximum absolute atomic E-state index is 11.9. The highest BCUT2D eigenvalue weighted by Gasteiger charge is 2.41. The Hall–Kier alpha value is -1.27. The van der Waals surface area contributed by atoms with Gasteiger partial charge in [-0.05, 0) is 12.8 Å². The lowest BCUT2D eigenvalue weighted by molar-refractivity contribution is -0.175. The van der Waals surface area contributed by atoms with E-state index < -0.39 is 30.0 Å². The summed E-state index contributed by atoms with van der Waals surface area (Å²) in [6.07, 6.45) is -4.99. The average Bonchev–Trinajstić information content (AvgIpc) is 1.99. The van der Waals surface area contributed by atoms with Gasteiger partial charge in [-0.25, -0.2) is 0 Å². The van der Waals surface area contributed by atoms with E-state index >= 15 is 0 Å². The molecule has 0 spiro atoms. The Labute approximate surface area is 90.8 Å². The number of nitrogens with one attached hydrogen (secondary N) is 1. The molecule has 0 aromatic carbocycles. The number of carboxylic acid groups (broad SMARTS) is 1. The molecule has 0 aliphatic rings. The van der Waals surface area contributed by atoms with Crippen molar-refractivity contribution in [3.05, 3.63) is 0 Å². The van der Waals surface area contributed by atoms with Crippen LogP contribution in [-0.2, 0) is 9.59 Å². The van der Waals surface area contributed by atoms with Gasteiger partial charge in [0.15, 0.2) is 0 Å². The molecule has 0 bridgehead atoms. The number of carbonyl (C=O) groups excluding carboxylic acids is 1. The molecule has 0 radical (unpaired) electrons. The summed E-state index contributed by atoms with van der Waals surface area (Å²) >= 11 is 0. The third kappa shape index (κ3) is 4.08. The van der Waals surface area contributed by atoms with Crippen LogP contribution in [0, 0.1) is 11.8 Å². The topological polar surface area (TPSA) is 66.4 Å². The summed E-state index contributed by atoms with van der Waals surface area (Å²) in [4.78, 5) is 21.4. The Bertz CT molecular complexity index is 276. The maximum atomic E-state index is 11.9. The fourth-order valence-corrected chi connectivity index (χ4v) is 1.45. The molecule has 0 aromatic rings. The van der Waals surface area contributed by atoms with Crippen LogP contribution in [0.4, 0.5) is 13.2 Å². The zero-order valence-corrected chi connectivity index (χ0v) is 9.13. The predicted molar refractivity (Wildman–Crippen MR) is 49.6 cm³/mol. The van der Waals surface area contributed by atoms with Gasteiger partial charge in [-0.1, -0.05) is 13.8 Å². The number of rotatable bonds is 4. The highest BCUT2D eigenvalue weighted by molar-refractivity contribution is 5.82. The number of halogens is 3. The second kappa shape index (κ2) is 5.18. The number of hydrogen-bond donors (Lipinski definition) is 2. The van der Waals surface area contributed by atoms with Gasteiger partial charge < -0.3 is 10.4 Å². The molecule has 0 fully saturated rings. The lowest BCUT2D eigenvalue weighted by Crippen LogP contribution is -2.48. The molecule has 94 valence electrons. The molecule has 0 aliphatic heterocycles. The lowest BCUT2D eigenvalue weighted by atomic mass is 9.89. The Kier molecular flexibility index (Phi) is 4.77. The monoisotopic (exact) mass is 241 g/mol. The molecule has 0 heterocycles. The molecular weight excluding hydrogens is 227 g/mol. The minimum absolute atomic E-state index is 0.374. The molecule has 16 heavy (non-hydrogen) atoms. The van der Waals surface area contributed by atoms with Crippen molar-refractivity contribution in [2.45, 2.75) is 33.0 Å². The molecule has 2 unspecified atom stereocenters. The average molecular weight is 241 g/mol. The van der Waals surface area contributed by atoms with Crippen LogP contribution in [0.25, 0.3) is 0 Å². The van der Waals surface area contributed by atoms with Crippen molar-refractivity contribution in [3.63, 3.8) is 0 Å². The Morgan fingerprint density at radius 1 is 1.19 bits per heavy atom. The van der Waals surface area contributed by atoms with E-state index in [9.17, 15) is 22.8 Å². The first-order valence-electron chi connectivity index (χ1n) is 4.67. The Morgan fingerprint density at radius 2 is 1.62 bits per heavy atom. The van der Waals surface area contributed by atoms with E-state index in [0.29, 0.717) is 0 Å².